The largest absolute Gasteiger partial charge is 0.457 e. The van der Waals surface area contributed by atoms with Crippen molar-refractivity contribution in [3.63, 3.8) is 0 Å². The van der Waals surface area contributed by atoms with Gasteiger partial charge in [0.2, 0.25) is 0 Å². The first-order valence-electron chi connectivity index (χ1n) is 11.1. The Balaban J connectivity index is 0.000000271. The van der Waals surface area contributed by atoms with Crippen molar-refractivity contribution in [1.29, 1.82) is 0 Å². The summed E-state index contributed by atoms with van der Waals surface area (Å²) in [6, 6.07) is 20.8. The maximum atomic E-state index is 12.6. The molecule has 6 nitrogen and oxygen atoms in total. The number of aromatic nitrogens is 1. The number of halogens is 1. The van der Waals surface area contributed by atoms with Gasteiger partial charge in [0.15, 0.2) is 16.1 Å². The van der Waals surface area contributed by atoms with Gasteiger partial charge in [0, 0.05) is 0 Å². The number of aryl methyl sites for hydroxylation is 1. The topological polar surface area (TPSA) is 104 Å². The van der Waals surface area contributed by atoms with E-state index in [4.69, 9.17) is 16.2 Å². The highest BCUT2D eigenvalue weighted by atomic mass is 32.2. The first kappa shape index (κ1) is 24.8. The third kappa shape index (κ3) is 5.52. The predicted molar refractivity (Wildman–Crippen MR) is 143 cm³/mol. The Bertz CT molecular complexity index is 1400. The van der Waals surface area contributed by atoms with E-state index in [2.05, 4.69) is 15.4 Å². The third-order valence-corrected chi connectivity index (χ3v) is 8.12. The first-order valence-corrected chi connectivity index (χ1v) is 13.1. The van der Waals surface area contributed by atoms with Crippen LogP contribution in [-0.2, 0) is 22.1 Å². The number of ether oxygens (including phenoxy) is 1. The predicted octanol–water partition coefficient (Wildman–Crippen LogP) is 5.76. The number of amidine groups is 1. The molecule has 0 fully saturated rings. The molecule has 4 N–H and O–H groups in total. The second kappa shape index (κ2) is 10.1. The summed E-state index contributed by atoms with van der Waals surface area (Å²) in [5, 5.41) is 0.182. The van der Waals surface area contributed by atoms with E-state index in [-0.39, 0.29) is 17.1 Å². The highest BCUT2D eigenvalue weighted by molar-refractivity contribution is 7.84. The minimum absolute atomic E-state index is 0.0293. The lowest BCUT2D eigenvalue weighted by atomic mass is 9.95. The van der Waals surface area contributed by atoms with Gasteiger partial charge in [-0.05, 0) is 60.7 Å². The van der Waals surface area contributed by atoms with Gasteiger partial charge in [-0.3, -0.25) is 0 Å². The van der Waals surface area contributed by atoms with Crippen LogP contribution in [0.4, 0.5) is 9.52 Å². The van der Waals surface area contributed by atoms with Gasteiger partial charge >= 0.3 is 0 Å². The lowest BCUT2D eigenvalue weighted by Crippen LogP contribution is -2.43. The van der Waals surface area contributed by atoms with E-state index in [0.717, 1.165) is 38.9 Å². The van der Waals surface area contributed by atoms with Crippen molar-refractivity contribution in [2.45, 2.75) is 38.0 Å². The van der Waals surface area contributed by atoms with Gasteiger partial charge < -0.3 is 16.2 Å². The van der Waals surface area contributed by atoms with Crippen LogP contribution in [0, 0.1) is 5.82 Å². The maximum Gasteiger partial charge on any atom is 0.296 e. The van der Waals surface area contributed by atoms with E-state index >= 15 is 0 Å². The summed E-state index contributed by atoms with van der Waals surface area (Å²) in [7, 11) is -1.48. The van der Waals surface area contributed by atoms with Crippen LogP contribution in [0.3, 0.4) is 0 Å². The van der Waals surface area contributed by atoms with E-state index in [1.807, 2.05) is 63.2 Å². The molecule has 35 heavy (non-hydrogen) atoms. The number of nitrogen functional groups attached to an aromatic ring is 1. The zero-order chi connectivity index (χ0) is 25.2. The molecule has 4 aromatic rings. The second-order valence-corrected chi connectivity index (χ2v) is 10.9. The molecule has 182 valence electrons. The van der Waals surface area contributed by atoms with Gasteiger partial charge in [0.1, 0.15) is 16.7 Å². The molecule has 0 bridgehead atoms. The van der Waals surface area contributed by atoms with Crippen LogP contribution in [-0.4, -0.2) is 20.8 Å². The lowest BCUT2D eigenvalue weighted by Gasteiger charge is -2.35. The highest BCUT2D eigenvalue weighted by Gasteiger charge is 2.41. The summed E-state index contributed by atoms with van der Waals surface area (Å²) in [4.78, 5) is 4.28. The maximum absolute atomic E-state index is 12.6. The van der Waals surface area contributed by atoms with Gasteiger partial charge in [0.25, 0.3) is 6.02 Å². The van der Waals surface area contributed by atoms with Crippen molar-refractivity contribution in [3.8, 4) is 11.1 Å². The van der Waals surface area contributed by atoms with E-state index in [0.29, 0.717) is 5.13 Å². The number of hydrogen-bond donors (Lipinski definition) is 2. The number of anilines is 1. The van der Waals surface area contributed by atoms with Gasteiger partial charge in [-0.1, -0.05) is 66.8 Å². The van der Waals surface area contributed by atoms with Crippen molar-refractivity contribution in [3.05, 3.63) is 83.7 Å². The van der Waals surface area contributed by atoms with Crippen LogP contribution >= 0.6 is 11.3 Å². The zero-order valence-corrected chi connectivity index (χ0v) is 21.3. The van der Waals surface area contributed by atoms with E-state index in [1.165, 1.54) is 17.4 Å². The summed E-state index contributed by atoms with van der Waals surface area (Å²) >= 11 is 1.47. The Hall–Kier alpha value is -3.30. The molecule has 1 aromatic heterocycles. The number of hydrogen-bond acceptors (Lipinski definition) is 6. The fourth-order valence-corrected chi connectivity index (χ4v) is 6.02. The summed E-state index contributed by atoms with van der Waals surface area (Å²) < 4.78 is 35.6. The number of nitrogens with zero attached hydrogens (tertiary/aromatic N) is 2. The molecule has 0 saturated carbocycles. The second-order valence-electron chi connectivity index (χ2n) is 8.59. The lowest BCUT2D eigenvalue weighted by molar-refractivity contribution is 0.0848. The Morgan fingerprint density at radius 1 is 1.06 bits per heavy atom. The fraction of sp³-hybridized carbons (Fsp3) is 0.231. The van der Waals surface area contributed by atoms with E-state index < -0.39 is 16.6 Å². The van der Waals surface area contributed by atoms with Gasteiger partial charge in [-0.15, -0.1) is 4.40 Å². The van der Waals surface area contributed by atoms with Gasteiger partial charge in [0.05, 0.1) is 10.2 Å². The van der Waals surface area contributed by atoms with Gasteiger partial charge in [-0.25, -0.2) is 13.6 Å². The molecule has 2 heterocycles. The average Bonchev–Trinajstić information content (AvgIpc) is 3.18. The Labute approximate surface area is 210 Å². The number of thiazole rings is 1. The summed E-state index contributed by atoms with van der Waals surface area (Å²) in [6.07, 6.45) is 0.771. The van der Waals surface area contributed by atoms with Gasteiger partial charge in [-0.2, -0.15) is 0 Å². The summed E-state index contributed by atoms with van der Waals surface area (Å²) in [5.41, 5.74) is 15.4. The quantitative estimate of drug-likeness (QED) is 0.365. The molecule has 5 rings (SSSR count). The molecule has 0 spiro atoms. The molecule has 2 unspecified atom stereocenters. The SMILES string of the molecule is CC1(C)OC(N)=NS(=O)C1c1ccc(-c2ccc3nc(N)sc3c2)cc1.CCc1ccccc1F. The number of benzene rings is 3. The van der Waals surface area contributed by atoms with Crippen LogP contribution in [0.5, 0.6) is 0 Å². The fourth-order valence-electron chi connectivity index (χ4n) is 4.00. The molecule has 3 aromatic carbocycles. The molecule has 1 aliphatic heterocycles. The summed E-state index contributed by atoms with van der Waals surface area (Å²) in [5.74, 6) is -0.0972. The first-order chi connectivity index (χ1) is 16.7. The van der Waals surface area contributed by atoms with Crippen LogP contribution in [0.25, 0.3) is 21.3 Å². The highest BCUT2D eigenvalue weighted by Crippen LogP contribution is 2.38. The minimum Gasteiger partial charge on any atom is -0.457 e. The number of rotatable bonds is 3. The molecule has 1 aliphatic rings. The van der Waals surface area contributed by atoms with Crippen LogP contribution in [0.2, 0.25) is 0 Å². The smallest absolute Gasteiger partial charge is 0.296 e. The van der Waals surface area contributed by atoms with Crippen molar-refractivity contribution < 1.29 is 13.3 Å². The van der Waals surface area contributed by atoms with Crippen LogP contribution < -0.4 is 11.5 Å². The Morgan fingerprint density at radius 3 is 2.37 bits per heavy atom. The Morgan fingerprint density at radius 2 is 1.74 bits per heavy atom. The van der Waals surface area contributed by atoms with Crippen molar-refractivity contribution in [2.75, 3.05) is 5.73 Å². The molecule has 0 saturated heterocycles. The Kier molecular flexibility index (Phi) is 7.18. The number of fused-ring (bicyclic) bond motifs is 1. The van der Waals surface area contributed by atoms with E-state index in [9.17, 15) is 8.60 Å². The molecular weight excluding hydrogens is 483 g/mol. The molecule has 0 amide bonds. The minimum atomic E-state index is -1.48. The zero-order valence-electron chi connectivity index (χ0n) is 19.7. The molecule has 0 radical (unpaired) electrons. The molecule has 2 atom stereocenters. The van der Waals surface area contributed by atoms with Crippen molar-refractivity contribution >= 4 is 43.7 Å². The normalized spacial score (nSPS) is 18.8. The average molecular weight is 511 g/mol. The molecule has 0 aliphatic carbocycles. The molecule has 9 heteroatoms. The summed E-state index contributed by atoms with van der Waals surface area (Å²) in [6.45, 7) is 5.68. The number of nitrogens with two attached hydrogens (primary N) is 2. The third-order valence-electron chi connectivity index (χ3n) is 5.67. The van der Waals surface area contributed by atoms with Crippen LogP contribution in [0.1, 0.15) is 37.1 Å². The van der Waals surface area contributed by atoms with E-state index in [1.54, 1.807) is 12.1 Å². The molecular formula is C26H27FN4O2S2. The van der Waals surface area contributed by atoms with Crippen molar-refractivity contribution in [1.82, 2.24) is 4.98 Å². The monoisotopic (exact) mass is 510 g/mol. The van der Waals surface area contributed by atoms with Crippen molar-refractivity contribution in [2.24, 2.45) is 10.1 Å². The van der Waals surface area contributed by atoms with Crippen LogP contribution in [0.15, 0.2) is 71.1 Å². The standard InChI is InChI=1S/C18H18N4O2S2.C8H9F/c1-18(2)15(26(23)22-16(19)24-18)11-5-3-10(4-6-11)12-7-8-13-14(9-12)25-17(20)21-13;1-2-7-5-3-4-6-8(7)9/h3-9,15H,1-2H3,(H2,19,22)(H2,20,21);3-6H,2H2,1H3.